The first kappa shape index (κ1) is 26.9. The van der Waals surface area contributed by atoms with Crippen molar-refractivity contribution in [3.8, 4) is 16.9 Å². The molecule has 35 heavy (non-hydrogen) atoms. The third-order valence-corrected chi connectivity index (χ3v) is 6.46. The van der Waals surface area contributed by atoms with Crippen molar-refractivity contribution in [3.63, 3.8) is 0 Å². The number of carbonyl (C=O) groups excluding carboxylic acids is 1. The molecule has 1 saturated carbocycles. The van der Waals surface area contributed by atoms with Crippen LogP contribution in [-0.4, -0.2) is 50.6 Å². The number of aryl methyl sites for hydroxylation is 1. The minimum absolute atomic E-state index is 0.178. The summed E-state index contributed by atoms with van der Waals surface area (Å²) >= 11 is 0. The highest BCUT2D eigenvalue weighted by Crippen LogP contribution is 2.33. The number of benzene rings is 2. The van der Waals surface area contributed by atoms with E-state index in [1.54, 1.807) is 7.11 Å². The van der Waals surface area contributed by atoms with Crippen LogP contribution in [0.15, 0.2) is 42.5 Å². The number of nitrogens with one attached hydrogen (secondary N) is 1. The molecule has 0 saturated heterocycles. The maximum absolute atomic E-state index is 12.2. The molecule has 0 bridgehead atoms. The maximum atomic E-state index is 12.2. The van der Waals surface area contributed by atoms with Gasteiger partial charge in [0.15, 0.2) is 0 Å². The molecule has 3 rings (SSSR count). The van der Waals surface area contributed by atoms with Gasteiger partial charge < -0.3 is 24.4 Å². The van der Waals surface area contributed by atoms with Gasteiger partial charge in [-0.2, -0.15) is 0 Å². The first-order valence-electron chi connectivity index (χ1n) is 12.8. The van der Waals surface area contributed by atoms with E-state index in [0.29, 0.717) is 19.3 Å². The number of anilines is 1. The maximum Gasteiger partial charge on any atom is 0.407 e. The van der Waals surface area contributed by atoms with E-state index in [1.165, 1.54) is 22.4 Å². The fourth-order valence-corrected chi connectivity index (χ4v) is 4.72. The molecule has 1 fully saturated rings. The molecule has 1 N–H and O–H groups in total. The standard InChI is InChI=1S/C29H42N2O4/c1-7-31(25-14-12-24(13-15-25)30-28(32)35-29(3,4)5)27-20-23(9-8-21(27)2)22-10-16-26(17-11-22)34-19-18-33-6/h8-11,16-17,20,24-25H,7,12-15,18-19H2,1-6H3,(H,30,32). The van der Waals surface area contributed by atoms with Crippen LogP contribution in [0.4, 0.5) is 10.5 Å². The third-order valence-electron chi connectivity index (χ3n) is 6.46. The van der Waals surface area contributed by atoms with Gasteiger partial charge in [0.25, 0.3) is 0 Å². The normalized spacial score (nSPS) is 18.1. The van der Waals surface area contributed by atoms with Crippen molar-refractivity contribution in [2.24, 2.45) is 0 Å². The van der Waals surface area contributed by atoms with Gasteiger partial charge in [-0.3, -0.25) is 0 Å². The average molecular weight is 483 g/mol. The van der Waals surface area contributed by atoms with Crippen LogP contribution in [0.3, 0.4) is 0 Å². The molecule has 6 nitrogen and oxygen atoms in total. The molecule has 2 aromatic rings. The van der Waals surface area contributed by atoms with E-state index in [-0.39, 0.29) is 12.1 Å². The fraction of sp³-hybridized carbons (Fsp3) is 0.552. The molecule has 0 radical (unpaired) electrons. The summed E-state index contributed by atoms with van der Waals surface area (Å²) in [5.41, 5.74) is 4.47. The van der Waals surface area contributed by atoms with Crippen LogP contribution >= 0.6 is 0 Å². The zero-order valence-corrected chi connectivity index (χ0v) is 22.2. The third kappa shape index (κ3) is 7.89. The van der Waals surface area contributed by atoms with Crippen molar-refractivity contribution in [3.05, 3.63) is 48.0 Å². The molecule has 2 aromatic carbocycles. The van der Waals surface area contributed by atoms with Gasteiger partial charge in [0, 0.05) is 31.4 Å². The molecule has 1 aliphatic carbocycles. The molecule has 0 aliphatic heterocycles. The smallest absolute Gasteiger partial charge is 0.407 e. The van der Waals surface area contributed by atoms with Crippen molar-refractivity contribution >= 4 is 11.8 Å². The van der Waals surface area contributed by atoms with Crippen LogP contribution in [0.2, 0.25) is 0 Å². The largest absolute Gasteiger partial charge is 0.491 e. The topological polar surface area (TPSA) is 60.0 Å². The fourth-order valence-electron chi connectivity index (χ4n) is 4.72. The van der Waals surface area contributed by atoms with Crippen LogP contribution in [0.5, 0.6) is 5.75 Å². The zero-order valence-electron chi connectivity index (χ0n) is 22.2. The minimum atomic E-state index is -0.472. The quantitative estimate of drug-likeness (QED) is 0.422. The Morgan fingerprint density at radius 2 is 1.66 bits per heavy atom. The van der Waals surface area contributed by atoms with Gasteiger partial charge in [-0.15, -0.1) is 0 Å². The van der Waals surface area contributed by atoms with Crippen molar-refractivity contribution in [2.75, 3.05) is 31.8 Å². The Morgan fingerprint density at radius 1 is 1.00 bits per heavy atom. The van der Waals surface area contributed by atoms with Gasteiger partial charge in [0.1, 0.15) is 18.0 Å². The number of hydrogen-bond donors (Lipinski definition) is 1. The summed E-state index contributed by atoms with van der Waals surface area (Å²) in [7, 11) is 1.67. The van der Waals surface area contributed by atoms with Gasteiger partial charge in [-0.25, -0.2) is 4.79 Å². The lowest BCUT2D eigenvalue weighted by molar-refractivity contribution is 0.0491. The van der Waals surface area contributed by atoms with Crippen LogP contribution in [0.25, 0.3) is 11.1 Å². The second-order valence-corrected chi connectivity index (χ2v) is 10.3. The summed E-state index contributed by atoms with van der Waals surface area (Å²) in [6, 6.07) is 15.6. The molecule has 0 atom stereocenters. The molecular formula is C29H42N2O4. The van der Waals surface area contributed by atoms with Gasteiger partial charge >= 0.3 is 6.09 Å². The predicted octanol–water partition coefficient (Wildman–Crippen LogP) is 6.35. The Bertz CT molecular complexity index is 944. The number of carbonyl (C=O) groups is 1. The summed E-state index contributed by atoms with van der Waals surface area (Å²) in [5.74, 6) is 0.852. The monoisotopic (exact) mass is 482 g/mol. The molecular weight excluding hydrogens is 440 g/mol. The van der Waals surface area contributed by atoms with E-state index < -0.39 is 5.60 Å². The van der Waals surface area contributed by atoms with E-state index in [9.17, 15) is 4.79 Å². The number of amides is 1. The number of alkyl carbamates (subject to hydrolysis) is 1. The summed E-state index contributed by atoms with van der Waals surface area (Å²) in [5, 5.41) is 3.06. The molecule has 1 aliphatic rings. The van der Waals surface area contributed by atoms with Crippen LogP contribution in [0.1, 0.15) is 58.9 Å². The Morgan fingerprint density at radius 3 is 2.26 bits per heavy atom. The zero-order chi connectivity index (χ0) is 25.4. The van der Waals surface area contributed by atoms with E-state index in [0.717, 1.165) is 38.0 Å². The SMILES string of the molecule is CCN(c1cc(-c2ccc(OCCOC)cc2)ccc1C)C1CCC(NC(=O)OC(C)(C)C)CC1. The van der Waals surface area contributed by atoms with Crippen LogP contribution in [0, 0.1) is 6.92 Å². The van der Waals surface area contributed by atoms with Gasteiger partial charge in [-0.05, 0) is 95.2 Å². The molecule has 0 spiro atoms. The molecule has 0 heterocycles. The summed E-state index contributed by atoms with van der Waals surface area (Å²) in [4.78, 5) is 14.7. The van der Waals surface area contributed by atoms with Crippen LogP contribution in [-0.2, 0) is 9.47 Å². The number of methoxy groups -OCH3 is 1. The van der Waals surface area contributed by atoms with E-state index in [4.69, 9.17) is 14.2 Å². The van der Waals surface area contributed by atoms with E-state index in [1.807, 2.05) is 32.9 Å². The number of hydrogen-bond acceptors (Lipinski definition) is 5. The van der Waals surface area contributed by atoms with Gasteiger partial charge in [0.05, 0.1) is 6.61 Å². The lowest BCUT2D eigenvalue weighted by Crippen LogP contribution is -2.45. The van der Waals surface area contributed by atoms with Crippen LogP contribution < -0.4 is 15.0 Å². The highest BCUT2D eigenvalue weighted by atomic mass is 16.6. The van der Waals surface area contributed by atoms with Gasteiger partial charge in [-0.1, -0.05) is 24.3 Å². The lowest BCUT2D eigenvalue weighted by Gasteiger charge is -2.39. The van der Waals surface area contributed by atoms with Gasteiger partial charge in [0.2, 0.25) is 0 Å². The second kappa shape index (κ2) is 12.3. The van der Waals surface area contributed by atoms with Crippen molar-refractivity contribution in [1.29, 1.82) is 0 Å². The van der Waals surface area contributed by atoms with Crippen molar-refractivity contribution in [1.82, 2.24) is 5.32 Å². The highest BCUT2D eigenvalue weighted by Gasteiger charge is 2.28. The Labute approximate surface area is 210 Å². The first-order valence-corrected chi connectivity index (χ1v) is 12.8. The average Bonchev–Trinajstić information content (AvgIpc) is 2.81. The molecule has 192 valence electrons. The summed E-state index contributed by atoms with van der Waals surface area (Å²) in [6.45, 7) is 12.2. The highest BCUT2D eigenvalue weighted by molar-refractivity contribution is 5.71. The molecule has 1 amide bonds. The number of ether oxygens (including phenoxy) is 3. The molecule has 0 unspecified atom stereocenters. The van der Waals surface area contributed by atoms with Crippen molar-refractivity contribution < 1.29 is 19.0 Å². The first-order chi connectivity index (χ1) is 16.7. The van der Waals surface area contributed by atoms with Crippen molar-refractivity contribution in [2.45, 2.75) is 78.0 Å². The summed E-state index contributed by atoms with van der Waals surface area (Å²) in [6.07, 6.45) is 3.71. The minimum Gasteiger partial charge on any atom is -0.491 e. The Kier molecular flexibility index (Phi) is 9.44. The predicted molar refractivity (Wildman–Crippen MR) is 142 cm³/mol. The summed E-state index contributed by atoms with van der Waals surface area (Å²) < 4.78 is 16.2. The Balaban J connectivity index is 1.65. The van der Waals surface area contributed by atoms with E-state index in [2.05, 4.69) is 54.4 Å². The second-order valence-electron chi connectivity index (χ2n) is 10.3. The molecule has 0 aromatic heterocycles. The number of rotatable bonds is 9. The molecule has 6 heteroatoms. The Hall–Kier alpha value is -2.73. The lowest BCUT2D eigenvalue weighted by atomic mass is 9.89. The van der Waals surface area contributed by atoms with E-state index >= 15 is 0 Å². The number of nitrogens with zero attached hydrogens (tertiary/aromatic N) is 1.